The molecular formula is C23H18S2. The second-order valence-electron chi connectivity index (χ2n) is 6.52. The van der Waals surface area contributed by atoms with Crippen molar-refractivity contribution in [2.45, 2.75) is 19.8 Å². The second-order valence-corrected chi connectivity index (χ2v) is 8.62. The van der Waals surface area contributed by atoms with E-state index in [-0.39, 0.29) is 0 Å². The van der Waals surface area contributed by atoms with Crippen LogP contribution in [0.1, 0.15) is 18.9 Å². The number of benzene rings is 3. The first-order valence-electron chi connectivity index (χ1n) is 8.76. The molecule has 0 saturated carbocycles. The Morgan fingerprint density at radius 1 is 0.680 bits per heavy atom. The van der Waals surface area contributed by atoms with Crippen LogP contribution in [-0.2, 0) is 6.42 Å². The van der Waals surface area contributed by atoms with Gasteiger partial charge in [-0.2, -0.15) is 0 Å². The summed E-state index contributed by atoms with van der Waals surface area (Å²) in [6.07, 6.45) is 2.36. The molecule has 0 amide bonds. The number of fused-ring (bicyclic) bond motifs is 5. The number of aryl methyl sites for hydroxylation is 1. The third-order valence-electron chi connectivity index (χ3n) is 4.81. The van der Waals surface area contributed by atoms with Crippen LogP contribution in [0.15, 0.2) is 66.7 Å². The van der Waals surface area contributed by atoms with E-state index >= 15 is 0 Å². The molecule has 25 heavy (non-hydrogen) atoms. The summed E-state index contributed by atoms with van der Waals surface area (Å²) >= 11 is 3.85. The highest BCUT2D eigenvalue weighted by Gasteiger charge is 2.12. The molecule has 5 aromatic rings. The zero-order valence-corrected chi connectivity index (χ0v) is 15.7. The van der Waals surface area contributed by atoms with Crippen LogP contribution in [0.5, 0.6) is 0 Å². The Balaban J connectivity index is 1.64. The molecule has 0 aliphatic heterocycles. The van der Waals surface area contributed by atoms with Gasteiger partial charge in [0.2, 0.25) is 0 Å². The molecule has 2 heterocycles. The van der Waals surface area contributed by atoms with Gasteiger partial charge in [0.25, 0.3) is 0 Å². The predicted octanol–water partition coefficient (Wildman–Crippen LogP) is 7.89. The van der Waals surface area contributed by atoms with Gasteiger partial charge in [-0.05, 0) is 35.2 Å². The fourth-order valence-corrected chi connectivity index (χ4v) is 6.23. The molecule has 0 N–H and O–H groups in total. The van der Waals surface area contributed by atoms with Crippen molar-refractivity contribution in [1.82, 2.24) is 0 Å². The Bertz CT molecular complexity index is 1190. The fourth-order valence-electron chi connectivity index (χ4n) is 3.54. The quantitative estimate of drug-likeness (QED) is 0.307. The first-order valence-corrected chi connectivity index (χ1v) is 10.4. The zero-order valence-electron chi connectivity index (χ0n) is 14.1. The topological polar surface area (TPSA) is 0 Å². The summed E-state index contributed by atoms with van der Waals surface area (Å²) < 4.78 is 5.65. The van der Waals surface area contributed by atoms with E-state index in [1.165, 1.54) is 52.7 Å². The van der Waals surface area contributed by atoms with E-state index in [0.29, 0.717) is 0 Å². The Morgan fingerprint density at radius 2 is 1.36 bits per heavy atom. The van der Waals surface area contributed by atoms with Gasteiger partial charge in [-0.25, -0.2) is 0 Å². The van der Waals surface area contributed by atoms with Crippen LogP contribution in [-0.4, -0.2) is 0 Å². The Morgan fingerprint density at radius 3 is 2.16 bits per heavy atom. The summed E-state index contributed by atoms with van der Waals surface area (Å²) in [5.41, 5.74) is 4.05. The first kappa shape index (κ1) is 15.1. The van der Waals surface area contributed by atoms with E-state index in [0.717, 1.165) is 6.42 Å². The van der Waals surface area contributed by atoms with Crippen LogP contribution < -0.4 is 0 Å². The number of rotatable bonds is 3. The normalized spacial score (nSPS) is 11.7. The van der Waals surface area contributed by atoms with Crippen molar-refractivity contribution in [2.75, 3.05) is 0 Å². The Hall–Kier alpha value is -2.16. The molecule has 0 nitrogen and oxygen atoms in total. The maximum atomic E-state index is 2.36. The average molecular weight is 359 g/mol. The minimum Gasteiger partial charge on any atom is -0.134 e. The van der Waals surface area contributed by atoms with Crippen molar-refractivity contribution in [2.24, 2.45) is 0 Å². The van der Waals surface area contributed by atoms with Gasteiger partial charge in [-0.3, -0.25) is 0 Å². The number of thiophene rings is 2. The largest absolute Gasteiger partial charge is 0.134 e. The lowest BCUT2D eigenvalue weighted by Gasteiger charge is -2.04. The van der Waals surface area contributed by atoms with Gasteiger partial charge >= 0.3 is 0 Å². The lowest BCUT2D eigenvalue weighted by Crippen LogP contribution is -1.83. The van der Waals surface area contributed by atoms with E-state index in [2.05, 4.69) is 73.7 Å². The van der Waals surface area contributed by atoms with Crippen LogP contribution in [0.25, 0.3) is 40.7 Å². The van der Waals surface area contributed by atoms with Crippen molar-refractivity contribution in [1.29, 1.82) is 0 Å². The highest BCUT2D eigenvalue weighted by atomic mass is 32.1. The van der Waals surface area contributed by atoms with E-state index in [1.807, 2.05) is 22.7 Å². The van der Waals surface area contributed by atoms with Crippen LogP contribution in [0, 0.1) is 0 Å². The van der Waals surface area contributed by atoms with E-state index in [9.17, 15) is 0 Å². The highest BCUT2D eigenvalue weighted by Crippen LogP contribution is 2.44. The number of hydrogen-bond acceptors (Lipinski definition) is 2. The van der Waals surface area contributed by atoms with Gasteiger partial charge in [-0.1, -0.05) is 67.9 Å². The van der Waals surface area contributed by atoms with Crippen LogP contribution in [0.3, 0.4) is 0 Å². The summed E-state index contributed by atoms with van der Waals surface area (Å²) in [5, 5.41) is 2.79. The lowest BCUT2D eigenvalue weighted by atomic mass is 10.0. The van der Waals surface area contributed by atoms with Crippen LogP contribution in [0.2, 0.25) is 0 Å². The van der Waals surface area contributed by atoms with Crippen molar-refractivity contribution < 1.29 is 0 Å². The Labute approximate surface area is 155 Å². The molecule has 0 unspecified atom stereocenters. The van der Waals surface area contributed by atoms with Crippen molar-refractivity contribution >= 4 is 52.2 Å². The first-order chi connectivity index (χ1) is 12.3. The molecule has 0 saturated heterocycles. The molecule has 0 aliphatic rings. The monoisotopic (exact) mass is 358 g/mol. The zero-order chi connectivity index (χ0) is 16.8. The summed E-state index contributed by atoms with van der Waals surface area (Å²) in [6, 6.07) is 24.7. The molecule has 3 aromatic carbocycles. The summed E-state index contributed by atoms with van der Waals surface area (Å²) in [6.45, 7) is 2.23. The van der Waals surface area contributed by atoms with Gasteiger partial charge in [0.05, 0.1) is 9.40 Å². The molecular weight excluding hydrogens is 340 g/mol. The summed E-state index contributed by atoms with van der Waals surface area (Å²) in [4.78, 5) is 0. The van der Waals surface area contributed by atoms with Gasteiger partial charge in [0.1, 0.15) is 0 Å². The van der Waals surface area contributed by atoms with Crippen molar-refractivity contribution in [3.63, 3.8) is 0 Å². The molecule has 2 aromatic heterocycles. The molecule has 0 bridgehead atoms. The van der Waals surface area contributed by atoms with Gasteiger partial charge < -0.3 is 0 Å². The van der Waals surface area contributed by atoms with Gasteiger partial charge in [0, 0.05) is 20.2 Å². The van der Waals surface area contributed by atoms with Crippen molar-refractivity contribution in [3.05, 3.63) is 72.3 Å². The lowest BCUT2D eigenvalue weighted by molar-refractivity contribution is 0.922. The maximum absolute atomic E-state index is 2.36. The average Bonchev–Trinajstić information content (AvgIpc) is 3.18. The third kappa shape index (κ3) is 2.48. The van der Waals surface area contributed by atoms with Crippen molar-refractivity contribution in [3.8, 4) is 11.1 Å². The van der Waals surface area contributed by atoms with E-state index < -0.39 is 0 Å². The molecule has 5 rings (SSSR count). The van der Waals surface area contributed by atoms with Gasteiger partial charge in [0.15, 0.2) is 0 Å². The standard InChI is InChI=1S/C23H18S2/c1-2-5-15-8-10-16(11-9-15)17-12-13-19-21(14-17)25-22-18-6-3-4-7-20(18)24-23(19)22/h3-4,6-14H,2,5H2,1H3. The third-order valence-corrected chi connectivity index (χ3v) is 7.33. The fraction of sp³-hybridized carbons (Fsp3) is 0.130. The highest BCUT2D eigenvalue weighted by molar-refractivity contribution is 7.36. The maximum Gasteiger partial charge on any atom is 0.0542 e. The molecule has 2 heteroatoms. The molecule has 0 aliphatic carbocycles. The molecule has 0 fully saturated rings. The molecule has 0 atom stereocenters. The number of hydrogen-bond donors (Lipinski definition) is 0. The SMILES string of the molecule is CCCc1ccc(-c2ccc3c(c2)sc2c4ccccc4sc32)cc1. The summed E-state index contributed by atoms with van der Waals surface area (Å²) in [7, 11) is 0. The van der Waals surface area contributed by atoms with Crippen LogP contribution in [0.4, 0.5) is 0 Å². The van der Waals surface area contributed by atoms with Crippen LogP contribution >= 0.6 is 22.7 Å². The minimum absolute atomic E-state index is 1.16. The molecule has 122 valence electrons. The smallest absolute Gasteiger partial charge is 0.0542 e. The molecule has 0 spiro atoms. The minimum atomic E-state index is 1.16. The van der Waals surface area contributed by atoms with E-state index in [1.54, 1.807) is 0 Å². The summed E-state index contributed by atoms with van der Waals surface area (Å²) in [5.74, 6) is 0. The predicted molar refractivity (Wildman–Crippen MR) is 114 cm³/mol. The molecule has 0 radical (unpaired) electrons. The Kier molecular flexibility index (Phi) is 3.61. The van der Waals surface area contributed by atoms with E-state index in [4.69, 9.17) is 0 Å². The van der Waals surface area contributed by atoms with Gasteiger partial charge in [-0.15, -0.1) is 22.7 Å². The second kappa shape index (κ2) is 5.98.